The van der Waals surface area contributed by atoms with Gasteiger partial charge in [-0.05, 0) is 36.7 Å². The molecule has 0 saturated carbocycles. The highest BCUT2D eigenvalue weighted by Crippen LogP contribution is 2.28. The number of aromatic nitrogens is 2. The van der Waals surface area contributed by atoms with Crippen LogP contribution in [0.4, 0.5) is 0 Å². The fourth-order valence-corrected chi connectivity index (χ4v) is 2.98. The van der Waals surface area contributed by atoms with Gasteiger partial charge in [0.2, 0.25) is 0 Å². The molecule has 0 aromatic carbocycles. The van der Waals surface area contributed by atoms with E-state index in [0.717, 1.165) is 29.8 Å². The molecule has 1 aliphatic heterocycles. The smallest absolute Gasteiger partial charge is 0.124 e. The van der Waals surface area contributed by atoms with Crippen molar-refractivity contribution >= 4 is 15.9 Å². The van der Waals surface area contributed by atoms with Crippen molar-refractivity contribution in [2.24, 2.45) is 0 Å². The van der Waals surface area contributed by atoms with Crippen LogP contribution in [-0.2, 0) is 11.3 Å². The number of nitrogens with zero attached hydrogens (tertiary/aromatic N) is 3. The zero-order valence-corrected chi connectivity index (χ0v) is 13.3. The fraction of sp³-hybridized carbons (Fsp3) is 0.769. The summed E-state index contributed by atoms with van der Waals surface area (Å²) >= 11 is 3.46. The number of halogens is 1. The van der Waals surface area contributed by atoms with E-state index in [0.29, 0.717) is 12.6 Å². The van der Waals surface area contributed by atoms with Gasteiger partial charge in [0, 0.05) is 25.7 Å². The molecule has 6 heteroatoms. The molecule has 2 heterocycles. The summed E-state index contributed by atoms with van der Waals surface area (Å²) in [5.74, 6) is 0. The predicted octanol–water partition coefficient (Wildman–Crippen LogP) is 1.81. The summed E-state index contributed by atoms with van der Waals surface area (Å²) in [5, 5.41) is 14.8. The molecular weight excluding hydrogens is 310 g/mol. The Bertz CT molecular complexity index is 422. The summed E-state index contributed by atoms with van der Waals surface area (Å²) in [5.41, 5.74) is 0.804. The van der Waals surface area contributed by atoms with Crippen molar-refractivity contribution in [3.8, 4) is 0 Å². The Morgan fingerprint density at radius 2 is 2.32 bits per heavy atom. The van der Waals surface area contributed by atoms with E-state index in [1.807, 2.05) is 11.6 Å². The van der Waals surface area contributed by atoms with Crippen LogP contribution in [0.15, 0.2) is 10.7 Å². The van der Waals surface area contributed by atoms with Crippen LogP contribution in [0, 0.1) is 0 Å². The van der Waals surface area contributed by atoms with Crippen molar-refractivity contribution in [2.45, 2.75) is 45.6 Å². The first-order valence-corrected chi connectivity index (χ1v) is 7.58. The number of aliphatic hydroxyl groups excluding tert-OH is 1. The molecule has 1 aromatic heterocycles. The lowest BCUT2D eigenvalue weighted by Crippen LogP contribution is -2.48. The fourth-order valence-electron chi connectivity index (χ4n) is 2.45. The van der Waals surface area contributed by atoms with E-state index in [1.54, 1.807) is 6.20 Å². The summed E-state index contributed by atoms with van der Waals surface area (Å²) in [4.78, 5) is 2.33. The minimum Gasteiger partial charge on any atom is -0.384 e. The molecule has 1 aliphatic rings. The van der Waals surface area contributed by atoms with Gasteiger partial charge in [0.1, 0.15) is 12.2 Å². The van der Waals surface area contributed by atoms with Crippen LogP contribution in [0.2, 0.25) is 0 Å². The first-order chi connectivity index (χ1) is 9.04. The monoisotopic (exact) mass is 331 g/mol. The molecule has 1 fully saturated rings. The van der Waals surface area contributed by atoms with Gasteiger partial charge in [-0.15, -0.1) is 0 Å². The third-order valence-corrected chi connectivity index (χ3v) is 4.23. The molecule has 1 N–H and O–H groups in total. The predicted molar refractivity (Wildman–Crippen MR) is 77.0 cm³/mol. The third-order valence-electron chi connectivity index (χ3n) is 3.62. The Kier molecular flexibility index (Phi) is 5.00. The Morgan fingerprint density at radius 3 is 2.95 bits per heavy atom. The number of ether oxygens (including phenoxy) is 1. The number of aliphatic hydroxyl groups is 1. The topological polar surface area (TPSA) is 50.5 Å². The summed E-state index contributed by atoms with van der Waals surface area (Å²) in [7, 11) is 0. The van der Waals surface area contributed by atoms with Gasteiger partial charge in [0.25, 0.3) is 0 Å². The number of aryl methyl sites for hydroxylation is 1. The van der Waals surface area contributed by atoms with Crippen LogP contribution in [0.25, 0.3) is 0 Å². The lowest BCUT2D eigenvalue weighted by molar-refractivity contribution is -0.0984. The van der Waals surface area contributed by atoms with Crippen LogP contribution >= 0.6 is 15.9 Å². The van der Waals surface area contributed by atoms with Crippen LogP contribution in [0.5, 0.6) is 0 Å². The first-order valence-electron chi connectivity index (χ1n) is 6.79. The van der Waals surface area contributed by atoms with Crippen molar-refractivity contribution in [1.29, 1.82) is 0 Å². The SMILES string of the molecule is CCn1ncc(Br)c1C(O)C1CN(C(C)C)CCO1. The lowest BCUT2D eigenvalue weighted by atomic mass is 10.1. The highest BCUT2D eigenvalue weighted by molar-refractivity contribution is 9.10. The molecule has 1 aromatic rings. The van der Waals surface area contributed by atoms with Crippen molar-refractivity contribution in [3.63, 3.8) is 0 Å². The molecule has 0 amide bonds. The van der Waals surface area contributed by atoms with Crippen molar-refractivity contribution in [2.75, 3.05) is 19.7 Å². The minimum absolute atomic E-state index is 0.200. The number of morpholine rings is 1. The van der Waals surface area contributed by atoms with Gasteiger partial charge >= 0.3 is 0 Å². The molecule has 0 aliphatic carbocycles. The molecule has 0 spiro atoms. The third kappa shape index (κ3) is 3.18. The zero-order chi connectivity index (χ0) is 14.0. The molecule has 0 bridgehead atoms. The molecule has 1 saturated heterocycles. The van der Waals surface area contributed by atoms with Gasteiger partial charge < -0.3 is 9.84 Å². The number of hydrogen-bond acceptors (Lipinski definition) is 4. The summed E-state index contributed by atoms with van der Waals surface area (Å²) < 4.78 is 8.40. The second-order valence-corrected chi connectivity index (χ2v) is 5.99. The lowest BCUT2D eigenvalue weighted by Gasteiger charge is -2.37. The highest BCUT2D eigenvalue weighted by atomic mass is 79.9. The van der Waals surface area contributed by atoms with Gasteiger partial charge in [-0.1, -0.05) is 0 Å². The van der Waals surface area contributed by atoms with Crippen LogP contribution in [0.3, 0.4) is 0 Å². The average Bonchev–Trinajstić information content (AvgIpc) is 2.79. The Morgan fingerprint density at radius 1 is 1.58 bits per heavy atom. The van der Waals surface area contributed by atoms with Crippen molar-refractivity contribution < 1.29 is 9.84 Å². The quantitative estimate of drug-likeness (QED) is 0.914. The van der Waals surface area contributed by atoms with Gasteiger partial charge in [-0.3, -0.25) is 9.58 Å². The maximum Gasteiger partial charge on any atom is 0.124 e. The van der Waals surface area contributed by atoms with E-state index in [1.165, 1.54) is 0 Å². The van der Waals surface area contributed by atoms with Crippen LogP contribution in [0.1, 0.15) is 32.6 Å². The van der Waals surface area contributed by atoms with Crippen LogP contribution < -0.4 is 0 Å². The van der Waals surface area contributed by atoms with Crippen LogP contribution in [-0.4, -0.2) is 51.6 Å². The maximum absolute atomic E-state index is 10.6. The second kappa shape index (κ2) is 6.35. The molecule has 2 unspecified atom stereocenters. The molecule has 0 radical (unpaired) electrons. The van der Waals surface area contributed by atoms with Crippen molar-refractivity contribution in [1.82, 2.24) is 14.7 Å². The van der Waals surface area contributed by atoms with E-state index in [2.05, 4.69) is 39.8 Å². The van der Waals surface area contributed by atoms with E-state index in [-0.39, 0.29) is 6.10 Å². The van der Waals surface area contributed by atoms with Gasteiger partial charge in [0.05, 0.1) is 23.0 Å². The Balaban J connectivity index is 2.14. The summed E-state index contributed by atoms with van der Waals surface area (Å²) in [6.45, 7) is 9.42. The number of hydrogen-bond donors (Lipinski definition) is 1. The van der Waals surface area contributed by atoms with Gasteiger partial charge in [-0.25, -0.2) is 0 Å². The molecule has 5 nitrogen and oxygen atoms in total. The van der Waals surface area contributed by atoms with E-state index >= 15 is 0 Å². The van der Waals surface area contributed by atoms with E-state index in [9.17, 15) is 5.11 Å². The molecular formula is C13H22BrN3O2. The van der Waals surface area contributed by atoms with E-state index < -0.39 is 6.10 Å². The molecule has 108 valence electrons. The van der Waals surface area contributed by atoms with Gasteiger partial charge in [0.15, 0.2) is 0 Å². The van der Waals surface area contributed by atoms with E-state index in [4.69, 9.17) is 4.74 Å². The molecule has 2 atom stereocenters. The average molecular weight is 332 g/mol. The zero-order valence-electron chi connectivity index (χ0n) is 11.7. The first kappa shape index (κ1) is 15.0. The largest absolute Gasteiger partial charge is 0.384 e. The summed E-state index contributed by atoms with van der Waals surface area (Å²) in [6.07, 6.45) is 0.873. The molecule has 19 heavy (non-hydrogen) atoms. The Labute approximate surface area is 122 Å². The summed E-state index contributed by atoms with van der Waals surface area (Å²) in [6, 6.07) is 0.470. The number of rotatable bonds is 4. The standard InChI is InChI=1S/C13H22BrN3O2/c1-4-17-12(10(14)7-15-17)13(18)11-8-16(9(2)3)5-6-19-11/h7,9,11,13,18H,4-6,8H2,1-3H3. The minimum atomic E-state index is -0.654. The maximum atomic E-state index is 10.6. The normalized spacial score (nSPS) is 22.9. The Hall–Kier alpha value is -0.430. The second-order valence-electron chi connectivity index (χ2n) is 5.14. The van der Waals surface area contributed by atoms with Crippen molar-refractivity contribution in [3.05, 3.63) is 16.4 Å². The highest BCUT2D eigenvalue weighted by Gasteiger charge is 2.32. The molecule has 2 rings (SSSR count). The van der Waals surface area contributed by atoms with Gasteiger partial charge in [-0.2, -0.15) is 5.10 Å².